The molecule has 96 valence electrons. The normalized spacial score (nSPS) is 18.9. The van der Waals surface area contributed by atoms with Crippen LogP contribution in [-0.2, 0) is 23.1 Å². The van der Waals surface area contributed by atoms with E-state index in [0.29, 0.717) is 26.1 Å². The lowest BCUT2D eigenvalue weighted by atomic mass is 10.3. The maximum absolute atomic E-state index is 12.3. The van der Waals surface area contributed by atoms with Crippen LogP contribution < -0.4 is 5.73 Å². The second-order valence-corrected chi connectivity index (χ2v) is 6.39. The fourth-order valence-corrected chi connectivity index (χ4v) is 3.80. The van der Waals surface area contributed by atoms with Gasteiger partial charge >= 0.3 is 0 Å². The summed E-state index contributed by atoms with van der Waals surface area (Å²) in [6, 6.07) is 0. The third-order valence-electron chi connectivity index (χ3n) is 3.21. The second kappa shape index (κ2) is 4.75. The van der Waals surface area contributed by atoms with Crippen molar-refractivity contribution in [3.05, 3.63) is 18.2 Å². The van der Waals surface area contributed by atoms with E-state index in [4.69, 9.17) is 5.73 Å². The molecule has 1 aromatic rings. The summed E-state index contributed by atoms with van der Waals surface area (Å²) in [6.45, 7) is 3.54. The lowest BCUT2D eigenvalue weighted by molar-refractivity contribution is 0.330. The number of nitrogens with zero attached hydrogens (tertiary/aromatic N) is 3. The minimum atomic E-state index is -3.29. The monoisotopic (exact) mass is 258 g/mol. The molecule has 1 atom stereocenters. The molecule has 2 rings (SSSR count). The number of nitrogens with two attached hydrogens (primary N) is 1. The van der Waals surface area contributed by atoms with Crippen LogP contribution in [0.4, 0.5) is 0 Å². The Morgan fingerprint density at radius 1 is 1.53 bits per heavy atom. The average Bonchev–Trinajstić information content (AvgIpc) is 2.77. The zero-order valence-electron chi connectivity index (χ0n) is 9.91. The first-order valence-electron chi connectivity index (χ1n) is 5.78. The molecule has 1 aliphatic heterocycles. The highest BCUT2D eigenvalue weighted by molar-refractivity contribution is 7.89. The molecule has 0 fully saturated rings. The number of sulfonamides is 1. The van der Waals surface area contributed by atoms with Crippen molar-refractivity contribution in [2.24, 2.45) is 5.73 Å². The summed E-state index contributed by atoms with van der Waals surface area (Å²) in [4.78, 5) is 4.16. The molecule has 0 saturated carbocycles. The predicted molar refractivity (Wildman–Crippen MR) is 64.7 cm³/mol. The Balaban J connectivity index is 2.20. The Kier molecular flexibility index (Phi) is 3.50. The Labute approximate surface area is 101 Å². The molecular weight excluding hydrogens is 240 g/mol. The van der Waals surface area contributed by atoms with Gasteiger partial charge in [-0.25, -0.2) is 13.4 Å². The van der Waals surface area contributed by atoms with Crippen molar-refractivity contribution in [3.8, 4) is 0 Å². The Bertz CT molecular complexity index is 478. The third kappa shape index (κ3) is 2.22. The molecule has 0 aromatic carbocycles. The van der Waals surface area contributed by atoms with Crippen LogP contribution in [0.25, 0.3) is 0 Å². The van der Waals surface area contributed by atoms with Gasteiger partial charge in [0.15, 0.2) is 0 Å². The molecule has 6 nitrogen and oxygen atoms in total. The molecule has 0 spiro atoms. The van der Waals surface area contributed by atoms with Crippen molar-refractivity contribution in [2.75, 3.05) is 13.1 Å². The standard InChI is InChI=1S/C10H18N4O2S/c1-2-9(7-11)17(15,16)14-6-5-13-4-3-12-10(13)8-14/h3-4,9H,2,5-8,11H2,1H3. The summed E-state index contributed by atoms with van der Waals surface area (Å²) in [5.41, 5.74) is 5.52. The van der Waals surface area contributed by atoms with Crippen molar-refractivity contribution >= 4 is 10.0 Å². The molecule has 17 heavy (non-hydrogen) atoms. The van der Waals surface area contributed by atoms with Crippen molar-refractivity contribution in [2.45, 2.75) is 31.7 Å². The summed E-state index contributed by atoms with van der Waals surface area (Å²) in [5.74, 6) is 0.798. The maximum atomic E-state index is 12.3. The van der Waals surface area contributed by atoms with Crippen molar-refractivity contribution in [1.29, 1.82) is 0 Å². The summed E-state index contributed by atoms with van der Waals surface area (Å²) < 4.78 is 28.1. The molecule has 0 aliphatic carbocycles. The first-order valence-corrected chi connectivity index (χ1v) is 7.29. The molecule has 0 radical (unpaired) electrons. The fraction of sp³-hybridized carbons (Fsp3) is 0.700. The van der Waals surface area contributed by atoms with E-state index in [9.17, 15) is 8.42 Å². The second-order valence-electron chi connectivity index (χ2n) is 4.18. The van der Waals surface area contributed by atoms with Crippen LogP contribution in [-0.4, -0.2) is 40.6 Å². The summed E-state index contributed by atoms with van der Waals surface area (Å²) in [7, 11) is -3.29. The SMILES string of the molecule is CCC(CN)S(=O)(=O)N1CCn2ccnc2C1. The van der Waals surface area contributed by atoms with E-state index in [1.807, 2.05) is 17.7 Å². The van der Waals surface area contributed by atoms with Gasteiger partial charge in [-0.3, -0.25) is 0 Å². The lowest BCUT2D eigenvalue weighted by Crippen LogP contribution is -2.45. The van der Waals surface area contributed by atoms with Gasteiger partial charge in [0, 0.05) is 32.0 Å². The maximum Gasteiger partial charge on any atom is 0.218 e. The zero-order chi connectivity index (χ0) is 12.5. The van der Waals surface area contributed by atoms with Gasteiger partial charge in [0.25, 0.3) is 0 Å². The van der Waals surface area contributed by atoms with E-state index in [1.54, 1.807) is 6.20 Å². The van der Waals surface area contributed by atoms with E-state index in [-0.39, 0.29) is 6.54 Å². The summed E-state index contributed by atoms with van der Waals surface area (Å²) in [6.07, 6.45) is 4.12. The Morgan fingerprint density at radius 2 is 2.29 bits per heavy atom. The fourth-order valence-electron chi connectivity index (χ4n) is 2.08. The largest absolute Gasteiger partial charge is 0.333 e. The number of hydrogen-bond acceptors (Lipinski definition) is 4. The van der Waals surface area contributed by atoms with Gasteiger partial charge in [0.1, 0.15) is 5.82 Å². The van der Waals surface area contributed by atoms with Crippen LogP contribution in [0.1, 0.15) is 19.2 Å². The van der Waals surface area contributed by atoms with Crippen LogP contribution in [0, 0.1) is 0 Å². The van der Waals surface area contributed by atoms with Crippen molar-refractivity contribution in [1.82, 2.24) is 13.9 Å². The molecule has 1 aromatic heterocycles. The highest BCUT2D eigenvalue weighted by atomic mass is 32.2. The molecule has 0 amide bonds. The smallest absolute Gasteiger partial charge is 0.218 e. The molecule has 7 heteroatoms. The minimum Gasteiger partial charge on any atom is -0.333 e. The topological polar surface area (TPSA) is 81.2 Å². The van der Waals surface area contributed by atoms with Gasteiger partial charge in [-0.05, 0) is 6.42 Å². The van der Waals surface area contributed by atoms with Crippen LogP contribution in [0.5, 0.6) is 0 Å². The van der Waals surface area contributed by atoms with E-state index in [0.717, 1.165) is 5.82 Å². The molecule has 1 unspecified atom stereocenters. The number of imidazole rings is 1. The van der Waals surface area contributed by atoms with Gasteiger partial charge in [-0.1, -0.05) is 6.92 Å². The van der Waals surface area contributed by atoms with Gasteiger partial charge in [0.2, 0.25) is 10.0 Å². The summed E-state index contributed by atoms with van der Waals surface area (Å²) >= 11 is 0. The molecule has 0 saturated heterocycles. The molecule has 2 N–H and O–H groups in total. The lowest BCUT2D eigenvalue weighted by Gasteiger charge is -2.29. The van der Waals surface area contributed by atoms with E-state index in [1.165, 1.54) is 4.31 Å². The van der Waals surface area contributed by atoms with E-state index >= 15 is 0 Å². The number of hydrogen-bond donors (Lipinski definition) is 1. The average molecular weight is 258 g/mol. The van der Waals surface area contributed by atoms with E-state index < -0.39 is 15.3 Å². The van der Waals surface area contributed by atoms with Gasteiger partial charge < -0.3 is 10.3 Å². The first kappa shape index (κ1) is 12.5. The number of fused-ring (bicyclic) bond motifs is 1. The van der Waals surface area contributed by atoms with Gasteiger partial charge in [-0.15, -0.1) is 0 Å². The van der Waals surface area contributed by atoms with Gasteiger partial charge in [0.05, 0.1) is 11.8 Å². The Morgan fingerprint density at radius 3 is 2.94 bits per heavy atom. The highest BCUT2D eigenvalue weighted by Gasteiger charge is 2.32. The van der Waals surface area contributed by atoms with Crippen LogP contribution in [0.15, 0.2) is 12.4 Å². The number of aromatic nitrogens is 2. The quantitative estimate of drug-likeness (QED) is 0.808. The molecular formula is C10H18N4O2S. The predicted octanol–water partition coefficient (Wildman–Crippen LogP) is -0.234. The van der Waals surface area contributed by atoms with Crippen LogP contribution >= 0.6 is 0 Å². The zero-order valence-corrected chi connectivity index (χ0v) is 10.7. The number of rotatable bonds is 4. The van der Waals surface area contributed by atoms with Crippen molar-refractivity contribution in [3.63, 3.8) is 0 Å². The third-order valence-corrected chi connectivity index (χ3v) is 5.61. The van der Waals surface area contributed by atoms with E-state index in [2.05, 4.69) is 4.98 Å². The van der Waals surface area contributed by atoms with Crippen LogP contribution in [0.2, 0.25) is 0 Å². The molecule has 0 bridgehead atoms. The molecule has 2 heterocycles. The van der Waals surface area contributed by atoms with Crippen molar-refractivity contribution < 1.29 is 8.42 Å². The Hall–Kier alpha value is -0.920. The summed E-state index contributed by atoms with van der Waals surface area (Å²) in [5, 5.41) is -0.482. The van der Waals surface area contributed by atoms with Crippen LogP contribution in [0.3, 0.4) is 0 Å². The molecule has 1 aliphatic rings. The first-order chi connectivity index (χ1) is 8.09. The minimum absolute atomic E-state index is 0.170. The highest BCUT2D eigenvalue weighted by Crippen LogP contribution is 2.18. The van der Waals surface area contributed by atoms with Gasteiger partial charge in [-0.2, -0.15) is 4.31 Å².